The molecular weight excluding hydrogens is 148 g/mol. The van der Waals surface area contributed by atoms with Gasteiger partial charge in [-0.25, -0.2) is 0 Å². The van der Waals surface area contributed by atoms with Gasteiger partial charge in [-0.3, -0.25) is 0 Å². The Hall–Kier alpha value is -0.790. The molecule has 0 saturated heterocycles. The van der Waals surface area contributed by atoms with Crippen molar-refractivity contribution in [3.63, 3.8) is 0 Å². The topological polar surface area (TPSA) is 35.9 Å². The van der Waals surface area contributed by atoms with Gasteiger partial charge in [0.1, 0.15) is 0 Å². The van der Waals surface area contributed by atoms with E-state index < -0.39 is 0 Å². The summed E-state index contributed by atoms with van der Waals surface area (Å²) in [7, 11) is 1.88. The molecule has 70 valence electrons. The van der Waals surface area contributed by atoms with Crippen molar-refractivity contribution in [2.75, 3.05) is 7.05 Å². The number of rotatable bonds is 5. The summed E-state index contributed by atoms with van der Waals surface area (Å²) < 4.78 is 0. The van der Waals surface area contributed by atoms with Gasteiger partial charge < -0.3 is 10.7 Å². The second kappa shape index (κ2) is 5.81. The Labute approximate surface area is 75.6 Å². The van der Waals surface area contributed by atoms with Gasteiger partial charge in [0.25, 0.3) is 0 Å². The lowest BCUT2D eigenvalue weighted by Gasteiger charge is -2.04. The highest BCUT2D eigenvalue weighted by molar-refractivity contribution is 5.92. The number of nitrogens with one attached hydrogen (secondary N) is 2. The molecule has 2 heteroatoms. The second-order valence-corrected chi connectivity index (χ2v) is 3.54. The first-order chi connectivity index (χ1) is 5.56. The molecule has 2 nitrogen and oxygen atoms in total. The Balaban J connectivity index is 3.74. The SMILES string of the molecule is CN/C(C)=C\C(=N)CCC(C)C. The van der Waals surface area contributed by atoms with E-state index in [9.17, 15) is 0 Å². The average Bonchev–Trinajstić information content (AvgIpc) is 2.00. The molecule has 0 radical (unpaired) electrons. The summed E-state index contributed by atoms with van der Waals surface area (Å²) >= 11 is 0. The molecule has 0 bridgehead atoms. The first kappa shape index (κ1) is 11.2. The Morgan fingerprint density at radius 1 is 1.50 bits per heavy atom. The maximum atomic E-state index is 7.60. The Bertz CT molecular complexity index is 169. The van der Waals surface area contributed by atoms with Crippen LogP contribution >= 0.6 is 0 Å². The Kier molecular flexibility index (Phi) is 5.43. The third-order valence-corrected chi connectivity index (χ3v) is 1.78. The van der Waals surface area contributed by atoms with E-state index in [0.717, 1.165) is 24.3 Å². The van der Waals surface area contributed by atoms with Gasteiger partial charge in [0, 0.05) is 18.5 Å². The van der Waals surface area contributed by atoms with Crippen molar-refractivity contribution in [1.29, 1.82) is 5.41 Å². The monoisotopic (exact) mass is 168 g/mol. The molecule has 0 aliphatic carbocycles. The van der Waals surface area contributed by atoms with Crippen molar-refractivity contribution in [2.45, 2.75) is 33.6 Å². The van der Waals surface area contributed by atoms with Crippen LogP contribution in [0.25, 0.3) is 0 Å². The van der Waals surface area contributed by atoms with E-state index in [2.05, 4.69) is 19.2 Å². The van der Waals surface area contributed by atoms with Gasteiger partial charge in [-0.15, -0.1) is 0 Å². The summed E-state index contributed by atoms with van der Waals surface area (Å²) in [5.74, 6) is 0.689. The summed E-state index contributed by atoms with van der Waals surface area (Å²) in [5, 5.41) is 10.6. The first-order valence-corrected chi connectivity index (χ1v) is 4.49. The van der Waals surface area contributed by atoms with Crippen LogP contribution in [0.3, 0.4) is 0 Å². The van der Waals surface area contributed by atoms with E-state index in [1.807, 2.05) is 20.0 Å². The van der Waals surface area contributed by atoms with Crippen LogP contribution in [-0.2, 0) is 0 Å². The lowest BCUT2D eigenvalue weighted by atomic mass is 10.1. The third-order valence-electron chi connectivity index (χ3n) is 1.78. The maximum absolute atomic E-state index is 7.60. The summed E-state index contributed by atoms with van der Waals surface area (Å²) in [4.78, 5) is 0. The van der Waals surface area contributed by atoms with Crippen LogP contribution in [0.4, 0.5) is 0 Å². The molecule has 0 saturated carbocycles. The fourth-order valence-corrected chi connectivity index (χ4v) is 0.850. The van der Waals surface area contributed by atoms with Crippen molar-refractivity contribution in [1.82, 2.24) is 5.32 Å². The minimum Gasteiger partial charge on any atom is -0.392 e. The molecule has 0 rings (SSSR count). The van der Waals surface area contributed by atoms with Crippen LogP contribution in [0, 0.1) is 11.3 Å². The minimum atomic E-state index is 0.689. The fraction of sp³-hybridized carbons (Fsp3) is 0.700. The zero-order valence-electron chi connectivity index (χ0n) is 8.57. The first-order valence-electron chi connectivity index (χ1n) is 4.49. The molecule has 0 unspecified atom stereocenters. The van der Waals surface area contributed by atoms with E-state index in [0.29, 0.717) is 5.92 Å². The van der Waals surface area contributed by atoms with Crippen LogP contribution < -0.4 is 5.32 Å². The molecule has 0 aromatic carbocycles. The summed E-state index contributed by atoms with van der Waals surface area (Å²) in [5.41, 5.74) is 1.78. The average molecular weight is 168 g/mol. The van der Waals surface area contributed by atoms with E-state index in [-0.39, 0.29) is 0 Å². The normalized spacial score (nSPS) is 11.9. The van der Waals surface area contributed by atoms with E-state index >= 15 is 0 Å². The Morgan fingerprint density at radius 3 is 2.50 bits per heavy atom. The third kappa shape index (κ3) is 5.96. The molecule has 0 atom stereocenters. The quantitative estimate of drug-likeness (QED) is 0.608. The van der Waals surface area contributed by atoms with Gasteiger partial charge in [0.15, 0.2) is 0 Å². The minimum absolute atomic E-state index is 0.689. The number of allylic oxidation sites excluding steroid dienone is 2. The molecule has 0 aromatic rings. The van der Waals surface area contributed by atoms with Crippen molar-refractivity contribution in [3.8, 4) is 0 Å². The predicted octanol–water partition coefficient (Wildman–Crippen LogP) is 2.57. The van der Waals surface area contributed by atoms with Crippen LogP contribution in [-0.4, -0.2) is 12.8 Å². The van der Waals surface area contributed by atoms with Crippen LogP contribution in [0.5, 0.6) is 0 Å². The Morgan fingerprint density at radius 2 is 2.08 bits per heavy atom. The van der Waals surface area contributed by atoms with Crippen LogP contribution in [0.2, 0.25) is 0 Å². The molecular formula is C10H20N2. The van der Waals surface area contributed by atoms with Gasteiger partial charge in [-0.1, -0.05) is 13.8 Å². The second-order valence-electron chi connectivity index (χ2n) is 3.54. The zero-order valence-corrected chi connectivity index (χ0v) is 8.57. The van der Waals surface area contributed by atoms with Crippen molar-refractivity contribution in [3.05, 3.63) is 11.8 Å². The highest BCUT2D eigenvalue weighted by atomic mass is 14.8. The van der Waals surface area contributed by atoms with Gasteiger partial charge in [0.2, 0.25) is 0 Å². The predicted molar refractivity (Wildman–Crippen MR) is 54.6 cm³/mol. The molecule has 2 N–H and O–H groups in total. The van der Waals surface area contributed by atoms with E-state index in [4.69, 9.17) is 5.41 Å². The summed E-state index contributed by atoms with van der Waals surface area (Å²) in [6.45, 7) is 6.34. The smallest absolute Gasteiger partial charge is 0.0331 e. The van der Waals surface area contributed by atoms with Crippen LogP contribution in [0.15, 0.2) is 11.8 Å². The lowest BCUT2D eigenvalue weighted by Crippen LogP contribution is -2.05. The summed E-state index contributed by atoms with van der Waals surface area (Å²) in [6.07, 6.45) is 3.88. The molecule has 0 aliphatic rings. The van der Waals surface area contributed by atoms with Crippen molar-refractivity contribution < 1.29 is 0 Å². The van der Waals surface area contributed by atoms with Crippen molar-refractivity contribution in [2.24, 2.45) is 5.92 Å². The highest BCUT2D eigenvalue weighted by Gasteiger charge is 1.97. The number of hydrogen-bond donors (Lipinski definition) is 2. The highest BCUT2D eigenvalue weighted by Crippen LogP contribution is 2.05. The van der Waals surface area contributed by atoms with Gasteiger partial charge >= 0.3 is 0 Å². The van der Waals surface area contributed by atoms with E-state index in [1.165, 1.54) is 0 Å². The molecule has 12 heavy (non-hydrogen) atoms. The van der Waals surface area contributed by atoms with E-state index in [1.54, 1.807) is 0 Å². The molecule has 0 amide bonds. The largest absolute Gasteiger partial charge is 0.392 e. The standard InChI is InChI=1S/C10H20N2/c1-8(2)5-6-10(11)7-9(3)12-4/h7-8,11-12H,5-6H2,1-4H3/b9-7-,11-10?. The summed E-state index contributed by atoms with van der Waals surface area (Å²) in [6, 6.07) is 0. The molecule has 0 aliphatic heterocycles. The molecule has 0 spiro atoms. The van der Waals surface area contributed by atoms with Crippen molar-refractivity contribution >= 4 is 5.71 Å². The lowest BCUT2D eigenvalue weighted by molar-refractivity contribution is 0.603. The fourth-order valence-electron chi connectivity index (χ4n) is 0.850. The number of hydrogen-bond acceptors (Lipinski definition) is 2. The van der Waals surface area contributed by atoms with Gasteiger partial charge in [0.05, 0.1) is 0 Å². The zero-order chi connectivity index (χ0) is 9.56. The van der Waals surface area contributed by atoms with Crippen LogP contribution in [0.1, 0.15) is 33.6 Å². The molecule has 0 heterocycles. The molecule has 0 fully saturated rings. The van der Waals surface area contributed by atoms with Gasteiger partial charge in [-0.2, -0.15) is 0 Å². The van der Waals surface area contributed by atoms with Gasteiger partial charge in [-0.05, 0) is 31.8 Å². The molecule has 0 aromatic heterocycles. The maximum Gasteiger partial charge on any atom is 0.0331 e.